The van der Waals surface area contributed by atoms with Crippen LogP contribution in [-0.4, -0.2) is 30.0 Å². The van der Waals surface area contributed by atoms with Crippen molar-refractivity contribution in [2.45, 2.75) is 0 Å². The Kier molecular flexibility index (Phi) is 4.98. The molecule has 0 radical (unpaired) electrons. The van der Waals surface area contributed by atoms with Crippen LogP contribution in [0.5, 0.6) is 0 Å². The summed E-state index contributed by atoms with van der Waals surface area (Å²) in [6.07, 6.45) is 3.03. The molecule has 1 N–H and O–H groups in total. The number of halogens is 1. The van der Waals surface area contributed by atoms with Crippen LogP contribution >= 0.6 is 0 Å². The van der Waals surface area contributed by atoms with Crippen molar-refractivity contribution < 1.29 is 18.7 Å². The molecule has 0 aliphatic heterocycles. The molecule has 1 aromatic carbocycles. The number of pyridine rings is 1. The molecule has 0 aliphatic carbocycles. The van der Waals surface area contributed by atoms with Crippen LogP contribution in [-0.2, 0) is 4.74 Å². The van der Waals surface area contributed by atoms with Gasteiger partial charge in [0.05, 0.1) is 12.1 Å². The average molecular weight is 288 g/mol. The first-order chi connectivity index (χ1) is 10.2. The zero-order valence-corrected chi connectivity index (χ0v) is 11.1. The largest absolute Gasteiger partial charge is 0.460 e. The maximum absolute atomic E-state index is 12.7. The summed E-state index contributed by atoms with van der Waals surface area (Å²) in [6.45, 7) is 0.223. The Morgan fingerprint density at radius 3 is 2.38 bits per heavy atom. The van der Waals surface area contributed by atoms with E-state index in [1.54, 1.807) is 12.1 Å². The highest BCUT2D eigenvalue weighted by molar-refractivity contribution is 5.94. The molecule has 1 amide bonds. The minimum Gasteiger partial charge on any atom is -0.460 e. The average Bonchev–Trinajstić information content (AvgIpc) is 2.52. The second-order valence-corrected chi connectivity index (χ2v) is 4.13. The Bertz CT molecular complexity index is 615. The molecule has 0 fully saturated rings. The fourth-order valence-corrected chi connectivity index (χ4v) is 1.58. The highest BCUT2D eigenvalue weighted by Gasteiger charge is 2.08. The van der Waals surface area contributed by atoms with Crippen LogP contribution in [0.4, 0.5) is 4.39 Å². The molecule has 2 rings (SSSR count). The van der Waals surface area contributed by atoms with E-state index in [2.05, 4.69) is 10.3 Å². The molecule has 0 unspecified atom stereocenters. The van der Waals surface area contributed by atoms with Gasteiger partial charge in [-0.05, 0) is 36.4 Å². The number of carbonyl (C=O) groups is 2. The van der Waals surface area contributed by atoms with E-state index in [1.165, 1.54) is 36.7 Å². The number of benzene rings is 1. The number of hydrogen-bond acceptors (Lipinski definition) is 4. The number of carbonyl (C=O) groups excluding carboxylic acids is 2. The van der Waals surface area contributed by atoms with E-state index in [0.717, 1.165) is 0 Å². The second-order valence-electron chi connectivity index (χ2n) is 4.13. The van der Waals surface area contributed by atoms with Gasteiger partial charge < -0.3 is 10.1 Å². The van der Waals surface area contributed by atoms with Crippen molar-refractivity contribution in [1.29, 1.82) is 0 Å². The number of hydrogen-bond donors (Lipinski definition) is 1. The predicted octanol–water partition coefficient (Wildman–Crippen LogP) is 1.81. The van der Waals surface area contributed by atoms with E-state index in [9.17, 15) is 14.0 Å². The van der Waals surface area contributed by atoms with Gasteiger partial charge in [-0.2, -0.15) is 0 Å². The van der Waals surface area contributed by atoms with Crippen molar-refractivity contribution in [3.05, 3.63) is 65.7 Å². The van der Waals surface area contributed by atoms with Crippen LogP contribution in [0.3, 0.4) is 0 Å². The van der Waals surface area contributed by atoms with E-state index < -0.39 is 11.8 Å². The molecule has 1 aromatic heterocycles. The van der Waals surface area contributed by atoms with Crippen LogP contribution in [0.15, 0.2) is 48.8 Å². The summed E-state index contributed by atoms with van der Waals surface area (Å²) < 4.78 is 17.7. The summed E-state index contributed by atoms with van der Waals surface area (Å²) >= 11 is 0. The monoisotopic (exact) mass is 288 g/mol. The first-order valence-electron chi connectivity index (χ1n) is 6.28. The van der Waals surface area contributed by atoms with E-state index in [0.29, 0.717) is 5.56 Å². The van der Waals surface area contributed by atoms with Gasteiger partial charge in [0, 0.05) is 18.0 Å². The molecule has 108 valence electrons. The lowest BCUT2D eigenvalue weighted by molar-refractivity contribution is 0.0503. The molecule has 1 heterocycles. The maximum atomic E-state index is 12.7. The van der Waals surface area contributed by atoms with Crippen LogP contribution in [0, 0.1) is 5.82 Å². The lowest BCUT2D eigenvalue weighted by atomic mass is 10.2. The zero-order valence-electron chi connectivity index (χ0n) is 11.1. The quantitative estimate of drug-likeness (QED) is 0.673. The lowest BCUT2D eigenvalue weighted by Crippen LogP contribution is -2.28. The number of esters is 1. The summed E-state index contributed by atoms with van der Waals surface area (Å²) in [5.74, 6) is -1.25. The number of nitrogens with one attached hydrogen (secondary N) is 1. The fourth-order valence-electron chi connectivity index (χ4n) is 1.58. The highest BCUT2D eigenvalue weighted by atomic mass is 19.1. The molecule has 0 bridgehead atoms. The Morgan fingerprint density at radius 1 is 1.05 bits per heavy atom. The normalized spacial score (nSPS) is 9.95. The minimum atomic E-state index is -0.562. The van der Waals surface area contributed by atoms with Gasteiger partial charge in [-0.15, -0.1) is 0 Å². The molecular weight excluding hydrogens is 275 g/mol. The summed E-state index contributed by atoms with van der Waals surface area (Å²) in [5.41, 5.74) is 0.742. The third kappa shape index (κ3) is 4.38. The van der Waals surface area contributed by atoms with Crippen LogP contribution in [0.1, 0.15) is 20.7 Å². The SMILES string of the molecule is O=C(NCCOC(=O)c1ccc(F)cc1)c1ccncc1. The van der Waals surface area contributed by atoms with Gasteiger partial charge in [0.15, 0.2) is 0 Å². The maximum Gasteiger partial charge on any atom is 0.338 e. The summed E-state index contributed by atoms with van der Waals surface area (Å²) in [5, 5.41) is 2.61. The Balaban J connectivity index is 1.73. The fraction of sp³-hybridized carbons (Fsp3) is 0.133. The summed E-state index contributed by atoms with van der Waals surface area (Å²) in [7, 11) is 0. The number of rotatable bonds is 5. The lowest BCUT2D eigenvalue weighted by Gasteiger charge is -2.06. The number of nitrogens with zero attached hydrogens (tertiary/aromatic N) is 1. The Labute approximate surface area is 120 Å². The van der Waals surface area contributed by atoms with Crippen molar-refractivity contribution in [3.63, 3.8) is 0 Å². The number of aromatic nitrogens is 1. The molecule has 0 saturated carbocycles. The molecule has 5 nitrogen and oxygen atoms in total. The van der Waals surface area contributed by atoms with Crippen molar-refractivity contribution in [3.8, 4) is 0 Å². The van der Waals surface area contributed by atoms with Gasteiger partial charge in [-0.3, -0.25) is 9.78 Å². The molecule has 0 saturated heterocycles. The third-order valence-corrected chi connectivity index (χ3v) is 2.64. The smallest absolute Gasteiger partial charge is 0.338 e. The molecule has 0 aliphatic rings. The Morgan fingerprint density at radius 2 is 1.71 bits per heavy atom. The molecule has 0 spiro atoms. The first kappa shape index (κ1) is 14.6. The number of amides is 1. The first-order valence-corrected chi connectivity index (χ1v) is 6.28. The van der Waals surface area contributed by atoms with E-state index >= 15 is 0 Å². The van der Waals surface area contributed by atoms with E-state index in [1.807, 2.05) is 0 Å². The van der Waals surface area contributed by atoms with Crippen molar-refractivity contribution >= 4 is 11.9 Å². The van der Waals surface area contributed by atoms with Gasteiger partial charge in [-0.1, -0.05) is 0 Å². The van der Waals surface area contributed by atoms with Gasteiger partial charge in [-0.25, -0.2) is 9.18 Å². The molecule has 2 aromatic rings. The van der Waals surface area contributed by atoms with Crippen molar-refractivity contribution in [2.75, 3.05) is 13.2 Å². The minimum absolute atomic E-state index is 0.0348. The third-order valence-electron chi connectivity index (χ3n) is 2.64. The summed E-state index contributed by atoms with van der Waals surface area (Å²) in [6, 6.07) is 8.21. The van der Waals surface area contributed by atoms with E-state index in [4.69, 9.17) is 4.74 Å². The van der Waals surface area contributed by atoms with Gasteiger partial charge in [0.25, 0.3) is 5.91 Å². The van der Waals surface area contributed by atoms with Crippen molar-refractivity contribution in [1.82, 2.24) is 10.3 Å². The molecule has 6 heteroatoms. The van der Waals surface area contributed by atoms with Gasteiger partial charge >= 0.3 is 5.97 Å². The summed E-state index contributed by atoms with van der Waals surface area (Å²) in [4.78, 5) is 27.1. The zero-order chi connectivity index (χ0) is 15.1. The van der Waals surface area contributed by atoms with E-state index in [-0.39, 0.29) is 24.6 Å². The van der Waals surface area contributed by atoms with Crippen LogP contribution in [0.25, 0.3) is 0 Å². The van der Waals surface area contributed by atoms with Gasteiger partial charge in [0.2, 0.25) is 0 Å². The molecule has 0 atom stereocenters. The molecule has 21 heavy (non-hydrogen) atoms. The number of ether oxygens (including phenoxy) is 1. The Hall–Kier alpha value is -2.76. The standard InChI is InChI=1S/C15H13FN2O3/c16-13-3-1-12(2-4-13)15(20)21-10-9-18-14(19)11-5-7-17-8-6-11/h1-8H,9-10H2,(H,18,19). The predicted molar refractivity (Wildman–Crippen MR) is 73.3 cm³/mol. The van der Waals surface area contributed by atoms with Crippen LogP contribution < -0.4 is 5.32 Å². The molecular formula is C15H13FN2O3. The van der Waals surface area contributed by atoms with Crippen LogP contribution in [0.2, 0.25) is 0 Å². The second kappa shape index (κ2) is 7.14. The topological polar surface area (TPSA) is 68.3 Å². The van der Waals surface area contributed by atoms with Crippen molar-refractivity contribution in [2.24, 2.45) is 0 Å². The highest BCUT2D eigenvalue weighted by Crippen LogP contribution is 2.04. The van der Waals surface area contributed by atoms with Gasteiger partial charge in [0.1, 0.15) is 12.4 Å².